The topological polar surface area (TPSA) is 119 Å². The number of nitrogens with zero attached hydrogens (tertiary/aromatic N) is 2. The summed E-state index contributed by atoms with van der Waals surface area (Å²) in [6.07, 6.45) is 3.58. The summed E-state index contributed by atoms with van der Waals surface area (Å²) in [7, 11) is 0. The average Bonchev–Trinajstić information content (AvgIpc) is 3.32. The van der Waals surface area contributed by atoms with Crippen molar-refractivity contribution in [3.63, 3.8) is 0 Å². The van der Waals surface area contributed by atoms with E-state index in [-0.39, 0.29) is 11.8 Å². The van der Waals surface area contributed by atoms with E-state index in [0.29, 0.717) is 36.4 Å². The standard InChI is InChI=1S/C24H26N4O4/c1-15-9-8-11-17-20(24(30)26-21(15)17)23-22(16-10-5-6-12-18(16)25-23)28-32-14-7-3-2-4-13-19(29)27-31/h5-6,8-12,26,30-31H,2-4,7,13-14H2,1H3,(H,27,29)/b28-22+. The van der Waals surface area contributed by atoms with Gasteiger partial charge in [-0.2, -0.15) is 0 Å². The molecule has 0 unspecified atom stereocenters. The van der Waals surface area contributed by atoms with Gasteiger partial charge >= 0.3 is 0 Å². The van der Waals surface area contributed by atoms with Crippen LogP contribution in [0.25, 0.3) is 10.9 Å². The first-order chi connectivity index (χ1) is 15.6. The molecule has 32 heavy (non-hydrogen) atoms. The Kier molecular flexibility index (Phi) is 6.51. The number of aromatic amines is 1. The Balaban J connectivity index is 1.50. The number of aromatic nitrogens is 1. The Bertz CT molecular complexity index is 1200. The van der Waals surface area contributed by atoms with E-state index in [1.165, 1.54) is 0 Å². The number of hydrogen-bond donors (Lipinski definition) is 4. The van der Waals surface area contributed by atoms with Crippen molar-refractivity contribution in [2.24, 2.45) is 10.1 Å². The molecule has 0 saturated carbocycles. The van der Waals surface area contributed by atoms with Crippen LogP contribution in [0.4, 0.5) is 5.69 Å². The fourth-order valence-electron chi connectivity index (χ4n) is 3.90. The molecule has 8 nitrogen and oxygen atoms in total. The summed E-state index contributed by atoms with van der Waals surface area (Å²) < 4.78 is 0. The van der Waals surface area contributed by atoms with E-state index in [4.69, 9.17) is 15.0 Å². The van der Waals surface area contributed by atoms with Crippen molar-refractivity contribution in [1.29, 1.82) is 0 Å². The van der Waals surface area contributed by atoms with Crippen LogP contribution in [0.15, 0.2) is 52.6 Å². The van der Waals surface area contributed by atoms with Gasteiger partial charge in [0.25, 0.3) is 0 Å². The summed E-state index contributed by atoms with van der Waals surface area (Å²) in [6, 6.07) is 13.6. The van der Waals surface area contributed by atoms with Crippen molar-refractivity contribution in [2.75, 3.05) is 6.61 Å². The van der Waals surface area contributed by atoms with Gasteiger partial charge in [-0.15, -0.1) is 0 Å². The number of fused-ring (bicyclic) bond motifs is 2. The molecule has 0 bridgehead atoms. The molecule has 0 aliphatic carbocycles. The summed E-state index contributed by atoms with van der Waals surface area (Å²) in [5, 5.41) is 24.5. The lowest BCUT2D eigenvalue weighted by atomic mass is 10.0. The van der Waals surface area contributed by atoms with Crippen LogP contribution in [0.3, 0.4) is 0 Å². The zero-order valence-electron chi connectivity index (χ0n) is 17.9. The lowest BCUT2D eigenvalue weighted by Crippen LogP contribution is -2.17. The minimum absolute atomic E-state index is 0.0560. The van der Waals surface area contributed by atoms with Gasteiger partial charge in [-0.3, -0.25) is 10.0 Å². The van der Waals surface area contributed by atoms with Crippen LogP contribution >= 0.6 is 0 Å². The molecule has 2 aromatic carbocycles. The number of hydroxylamine groups is 1. The normalized spacial score (nSPS) is 13.9. The van der Waals surface area contributed by atoms with Gasteiger partial charge in [0, 0.05) is 17.4 Å². The first kappa shape index (κ1) is 21.6. The summed E-state index contributed by atoms with van der Waals surface area (Å²) in [6.45, 7) is 2.42. The van der Waals surface area contributed by atoms with Gasteiger partial charge in [0.15, 0.2) is 5.88 Å². The van der Waals surface area contributed by atoms with Gasteiger partial charge in [-0.05, 0) is 37.8 Å². The first-order valence-electron chi connectivity index (χ1n) is 10.7. The second-order valence-electron chi connectivity index (χ2n) is 7.80. The first-order valence-corrected chi connectivity index (χ1v) is 10.7. The third kappa shape index (κ3) is 4.36. The summed E-state index contributed by atoms with van der Waals surface area (Å²) in [5.41, 5.74) is 6.97. The molecule has 1 amide bonds. The second-order valence-corrected chi connectivity index (χ2v) is 7.80. The Hall–Kier alpha value is -3.65. The number of aromatic hydroxyl groups is 1. The quantitative estimate of drug-likeness (QED) is 0.225. The molecule has 0 spiro atoms. The highest BCUT2D eigenvalue weighted by atomic mass is 16.6. The number of carbonyl (C=O) groups excluding carboxylic acids is 1. The number of rotatable bonds is 9. The molecule has 3 aromatic rings. The predicted octanol–water partition coefficient (Wildman–Crippen LogP) is 4.49. The largest absolute Gasteiger partial charge is 0.494 e. The molecule has 0 saturated heterocycles. The molecular weight excluding hydrogens is 408 g/mol. The highest BCUT2D eigenvalue weighted by Crippen LogP contribution is 2.36. The van der Waals surface area contributed by atoms with Crippen LogP contribution in [0.5, 0.6) is 5.88 Å². The van der Waals surface area contributed by atoms with E-state index < -0.39 is 0 Å². The smallest absolute Gasteiger partial charge is 0.243 e. The Labute approximate surface area is 185 Å². The van der Waals surface area contributed by atoms with Crippen LogP contribution < -0.4 is 5.48 Å². The van der Waals surface area contributed by atoms with Gasteiger partial charge in [-0.25, -0.2) is 10.5 Å². The number of benzene rings is 2. The van der Waals surface area contributed by atoms with E-state index >= 15 is 0 Å². The molecule has 1 aliphatic rings. The van der Waals surface area contributed by atoms with Crippen LogP contribution in [0.1, 0.15) is 48.8 Å². The van der Waals surface area contributed by atoms with Gasteiger partial charge in [-0.1, -0.05) is 48.0 Å². The third-order valence-corrected chi connectivity index (χ3v) is 5.54. The maximum absolute atomic E-state index is 11.0. The van der Waals surface area contributed by atoms with Crippen molar-refractivity contribution in [3.05, 3.63) is 59.2 Å². The summed E-state index contributed by atoms with van der Waals surface area (Å²) >= 11 is 0. The van der Waals surface area contributed by atoms with Crippen molar-refractivity contribution in [1.82, 2.24) is 10.5 Å². The lowest BCUT2D eigenvalue weighted by Gasteiger charge is -2.06. The maximum atomic E-state index is 11.0. The minimum Gasteiger partial charge on any atom is -0.494 e. The van der Waals surface area contributed by atoms with Gasteiger partial charge < -0.3 is 14.9 Å². The number of aliphatic imine (C=N–C) groups is 1. The van der Waals surface area contributed by atoms with Gasteiger partial charge in [0.2, 0.25) is 5.91 Å². The van der Waals surface area contributed by atoms with Gasteiger partial charge in [0.1, 0.15) is 18.0 Å². The highest BCUT2D eigenvalue weighted by Gasteiger charge is 2.29. The Morgan fingerprint density at radius 2 is 1.94 bits per heavy atom. The number of aryl methyl sites for hydroxylation is 1. The van der Waals surface area contributed by atoms with E-state index in [9.17, 15) is 9.90 Å². The van der Waals surface area contributed by atoms with Crippen LogP contribution in [0, 0.1) is 6.92 Å². The number of unbranched alkanes of at least 4 members (excludes halogenated alkanes) is 3. The predicted molar refractivity (Wildman–Crippen MR) is 123 cm³/mol. The van der Waals surface area contributed by atoms with Crippen LogP contribution in [-0.4, -0.2) is 39.2 Å². The number of hydrogen-bond acceptors (Lipinski definition) is 6. The van der Waals surface area contributed by atoms with E-state index in [1.54, 1.807) is 5.48 Å². The van der Waals surface area contributed by atoms with E-state index in [1.807, 2.05) is 49.4 Å². The number of nitrogens with one attached hydrogen (secondary N) is 2. The number of amides is 1. The van der Waals surface area contributed by atoms with Gasteiger partial charge in [0.05, 0.1) is 16.8 Å². The molecule has 4 rings (SSSR count). The number of H-pyrrole nitrogens is 1. The minimum atomic E-state index is -0.366. The molecule has 2 heterocycles. The molecule has 0 atom stereocenters. The molecule has 1 aromatic heterocycles. The fraction of sp³-hybridized carbons (Fsp3) is 0.292. The molecular formula is C24H26N4O4. The monoisotopic (exact) mass is 434 g/mol. The summed E-state index contributed by atoms with van der Waals surface area (Å²) in [4.78, 5) is 24.4. The Morgan fingerprint density at radius 3 is 2.78 bits per heavy atom. The van der Waals surface area contributed by atoms with Crippen molar-refractivity contribution in [3.8, 4) is 5.88 Å². The van der Waals surface area contributed by atoms with Crippen molar-refractivity contribution in [2.45, 2.75) is 39.0 Å². The molecule has 1 aliphatic heterocycles. The number of carbonyl (C=O) groups is 1. The maximum Gasteiger partial charge on any atom is 0.243 e. The molecule has 8 heteroatoms. The molecule has 166 valence electrons. The second kappa shape index (κ2) is 9.65. The van der Waals surface area contributed by atoms with Crippen molar-refractivity contribution < 1.29 is 19.9 Å². The SMILES string of the molecule is Cc1cccc2c(C3=Nc4ccccc4/C3=N\OCCCCCCC(=O)NO)c(O)[nH]c12. The summed E-state index contributed by atoms with van der Waals surface area (Å²) in [5.74, 6) is -0.310. The zero-order chi connectivity index (χ0) is 22.5. The lowest BCUT2D eigenvalue weighted by molar-refractivity contribution is -0.129. The molecule has 0 radical (unpaired) electrons. The molecule has 4 N–H and O–H groups in total. The molecule has 0 fully saturated rings. The zero-order valence-corrected chi connectivity index (χ0v) is 17.9. The van der Waals surface area contributed by atoms with E-state index in [2.05, 4.69) is 10.1 Å². The fourth-order valence-corrected chi connectivity index (χ4v) is 3.90. The number of oxime groups is 1. The highest BCUT2D eigenvalue weighted by molar-refractivity contribution is 6.58. The van der Waals surface area contributed by atoms with E-state index in [0.717, 1.165) is 47.0 Å². The van der Waals surface area contributed by atoms with Crippen LogP contribution in [0.2, 0.25) is 0 Å². The number of para-hydroxylation sites is 2. The van der Waals surface area contributed by atoms with Crippen molar-refractivity contribution >= 4 is 33.9 Å². The third-order valence-electron chi connectivity index (χ3n) is 5.54. The average molecular weight is 434 g/mol. The Morgan fingerprint density at radius 1 is 1.12 bits per heavy atom. The van der Waals surface area contributed by atoms with Crippen LogP contribution in [-0.2, 0) is 9.63 Å².